The highest BCUT2D eigenvalue weighted by Gasteiger charge is 2.31. The molecule has 11 nitrogen and oxygen atoms in total. The Labute approximate surface area is 215 Å². The molecule has 17 heteroatoms. The van der Waals surface area contributed by atoms with Gasteiger partial charge in [-0.25, -0.2) is 4.79 Å². The van der Waals surface area contributed by atoms with E-state index in [-0.39, 0.29) is 23.6 Å². The molecule has 39 heavy (non-hydrogen) atoms. The first-order chi connectivity index (χ1) is 18.3. The summed E-state index contributed by atoms with van der Waals surface area (Å²) < 4.78 is 82.8. The molecule has 0 bridgehead atoms. The van der Waals surface area contributed by atoms with E-state index in [9.17, 15) is 35.9 Å². The molecule has 1 aliphatic heterocycles. The molecule has 3 aromatic rings. The summed E-state index contributed by atoms with van der Waals surface area (Å²) >= 11 is 0. The Hall–Kier alpha value is -4.31. The van der Waals surface area contributed by atoms with Gasteiger partial charge in [0.25, 0.3) is 5.56 Å². The molecular weight excluding hydrogens is 538 g/mol. The number of piperidine rings is 1. The van der Waals surface area contributed by atoms with Crippen LogP contribution in [0.15, 0.2) is 39.9 Å². The van der Waals surface area contributed by atoms with Crippen LogP contribution in [0.5, 0.6) is 6.01 Å². The maximum atomic E-state index is 13.1. The maximum Gasteiger partial charge on any atom is 0.422 e. The van der Waals surface area contributed by atoms with Crippen molar-refractivity contribution in [3.05, 3.63) is 56.7 Å². The molecule has 0 spiro atoms. The van der Waals surface area contributed by atoms with Crippen molar-refractivity contribution in [3.8, 4) is 6.01 Å². The summed E-state index contributed by atoms with van der Waals surface area (Å²) in [6.45, 7) is -0.857. The van der Waals surface area contributed by atoms with Crippen molar-refractivity contribution in [1.82, 2.24) is 24.5 Å². The molecule has 1 fully saturated rings. The minimum absolute atomic E-state index is 0.0555. The van der Waals surface area contributed by atoms with E-state index >= 15 is 0 Å². The van der Waals surface area contributed by atoms with Gasteiger partial charge in [0.2, 0.25) is 11.9 Å². The fourth-order valence-electron chi connectivity index (χ4n) is 3.75. The van der Waals surface area contributed by atoms with E-state index in [1.807, 2.05) is 0 Å². The first-order valence-electron chi connectivity index (χ1n) is 11.5. The Kier molecular flexibility index (Phi) is 7.69. The number of benzene rings is 1. The van der Waals surface area contributed by atoms with Crippen molar-refractivity contribution in [2.24, 2.45) is 7.05 Å². The zero-order chi connectivity index (χ0) is 28.4. The van der Waals surface area contributed by atoms with Crippen LogP contribution in [0, 0.1) is 0 Å². The topological polar surface area (TPSA) is 130 Å². The molecule has 1 saturated heterocycles. The quantitative estimate of drug-likeness (QED) is 0.374. The second-order valence-electron chi connectivity index (χ2n) is 8.64. The number of H-pyrrole nitrogens is 1. The number of aromatic amines is 1. The van der Waals surface area contributed by atoms with E-state index in [2.05, 4.69) is 35.3 Å². The van der Waals surface area contributed by atoms with Crippen LogP contribution >= 0.6 is 0 Å². The van der Waals surface area contributed by atoms with Crippen LogP contribution in [0.1, 0.15) is 18.4 Å². The number of hydrogen-bond acceptors (Lipinski definition) is 9. The van der Waals surface area contributed by atoms with E-state index in [0.717, 1.165) is 22.8 Å². The second-order valence-corrected chi connectivity index (χ2v) is 8.64. The van der Waals surface area contributed by atoms with Gasteiger partial charge in [-0.1, -0.05) is 6.07 Å². The number of nitrogens with one attached hydrogen (secondary N) is 3. The number of aromatic nitrogens is 5. The lowest BCUT2D eigenvalue weighted by molar-refractivity contribution is -0.154. The van der Waals surface area contributed by atoms with Crippen LogP contribution in [0.2, 0.25) is 0 Å². The number of alkyl halides is 6. The van der Waals surface area contributed by atoms with E-state index in [4.69, 9.17) is 0 Å². The number of halogens is 6. The van der Waals surface area contributed by atoms with Gasteiger partial charge in [-0.2, -0.15) is 41.3 Å². The minimum atomic E-state index is -4.68. The molecule has 1 aromatic carbocycles. The molecular formula is C22H22F6N8O3. The van der Waals surface area contributed by atoms with Crippen LogP contribution in [0.25, 0.3) is 0 Å². The van der Waals surface area contributed by atoms with Gasteiger partial charge < -0.3 is 20.3 Å². The zero-order valence-electron chi connectivity index (χ0n) is 20.2. The predicted octanol–water partition coefficient (Wildman–Crippen LogP) is 3.04. The van der Waals surface area contributed by atoms with Crippen LogP contribution in [-0.4, -0.2) is 56.4 Å². The van der Waals surface area contributed by atoms with Gasteiger partial charge in [-0.05, 0) is 31.0 Å². The molecule has 1 aliphatic rings. The Morgan fingerprint density at radius 3 is 2.36 bits per heavy atom. The molecule has 4 rings (SSSR count). The summed E-state index contributed by atoms with van der Waals surface area (Å²) in [5.74, 6) is -0.131. The van der Waals surface area contributed by atoms with Crippen molar-refractivity contribution >= 4 is 23.4 Å². The van der Waals surface area contributed by atoms with Gasteiger partial charge in [0.15, 0.2) is 6.61 Å². The van der Waals surface area contributed by atoms with Crippen molar-refractivity contribution in [2.75, 3.05) is 35.2 Å². The summed E-state index contributed by atoms with van der Waals surface area (Å²) in [6.07, 6.45) is -8.35. The standard InChI is InChI=1S/C22H22F6N8O3/c1-35-16(37)10-15(31-20(35)38)36-7-5-13(6-8-36)29-17-32-18(34-19(33-17)39-11-21(23,24)25)30-14-4-2-3-12(9-14)22(26,27)28/h2-4,9-10,13H,5-8,11H2,1H3,(H,31,38)(H2,29,30,32,33,34). The Morgan fingerprint density at radius 1 is 1.03 bits per heavy atom. The normalized spacial score (nSPS) is 14.8. The molecule has 3 N–H and O–H groups in total. The van der Waals surface area contributed by atoms with Crippen molar-refractivity contribution in [1.29, 1.82) is 0 Å². The molecule has 2 aromatic heterocycles. The highest BCUT2D eigenvalue weighted by molar-refractivity contribution is 5.56. The highest BCUT2D eigenvalue weighted by atomic mass is 19.4. The lowest BCUT2D eigenvalue weighted by atomic mass is 10.1. The maximum absolute atomic E-state index is 13.1. The molecule has 0 saturated carbocycles. The Morgan fingerprint density at radius 2 is 1.72 bits per heavy atom. The fourth-order valence-corrected chi connectivity index (χ4v) is 3.75. The highest BCUT2D eigenvalue weighted by Crippen LogP contribution is 2.31. The van der Waals surface area contributed by atoms with Gasteiger partial charge >= 0.3 is 24.1 Å². The van der Waals surface area contributed by atoms with Crippen molar-refractivity contribution in [3.63, 3.8) is 0 Å². The summed E-state index contributed by atoms with van der Waals surface area (Å²) in [5.41, 5.74) is -2.03. The van der Waals surface area contributed by atoms with E-state index in [1.54, 1.807) is 4.90 Å². The SMILES string of the molecule is Cn1c(=O)cc(N2CCC(Nc3nc(Nc4cccc(C(F)(F)F)c4)nc(OCC(F)(F)F)n3)CC2)[nH]c1=O. The van der Waals surface area contributed by atoms with Gasteiger partial charge in [0.1, 0.15) is 5.82 Å². The van der Waals surface area contributed by atoms with Gasteiger partial charge in [-0.15, -0.1) is 0 Å². The summed E-state index contributed by atoms with van der Waals surface area (Å²) in [6, 6.07) is 4.46. The average molecular weight is 560 g/mol. The summed E-state index contributed by atoms with van der Waals surface area (Å²) in [5, 5.41) is 5.51. The van der Waals surface area contributed by atoms with Crippen LogP contribution in [-0.2, 0) is 13.2 Å². The summed E-state index contributed by atoms with van der Waals surface area (Å²) in [4.78, 5) is 39.9. The third-order valence-corrected chi connectivity index (χ3v) is 5.73. The van der Waals surface area contributed by atoms with Gasteiger partial charge in [0, 0.05) is 37.9 Å². The third kappa shape index (κ3) is 7.38. The first-order valence-corrected chi connectivity index (χ1v) is 11.5. The van der Waals surface area contributed by atoms with Gasteiger partial charge in [-0.3, -0.25) is 14.3 Å². The first kappa shape index (κ1) is 27.7. The van der Waals surface area contributed by atoms with Crippen molar-refractivity contribution < 1.29 is 31.1 Å². The monoisotopic (exact) mass is 560 g/mol. The van der Waals surface area contributed by atoms with Crippen LogP contribution in [0.3, 0.4) is 0 Å². The fraction of sp³-hybridized carbons (Fsp3) is 0.409. The van der Waals surface area contributed by atoms with Crippen LogP contribution < -0.4 is 31.5 Å². The van der Waals surface area contributed by atoms with E-state index in [0.29, 0.717) is 31.7 Å². The number of anilines is 4. The third-order valence-electron chi connectivity index (χ3n) is 5.73. The van der Waals surface area contributed by atoms with E-state index < -0.39 is 41.8 Å². The number of nitrogens with zero attached hydrogens (tertiary/aromatic N) is 5. The predicted molar refractivity (Wildman–Crippen MR) is 127 cm³/mol. The molecule has 0 aliphatic carbocycles. The Balaban J connectivity index is 1.50. The second kappa shape index (κ2) is 10.8. The zero-order valence-corrected chi connectivity index (χ0v) is 20.2. The van der Waals surface area contributed by atoms with E-state index in [1.165, 1.54) is 19.2 Å². The lowest BCUT2D eigenvalue weighted by Gasteiger charge is -2.33. The number of ether oxygens (including phenoxy) is 1. The minimum Gasteiger partial charge on any atom is -0.454 e. The molecule has 0 amide bonds. The van der Waals surface area contributed by atoms with Crippen LogP contribution in [0.4, 0.5) is 49.7 Å². The van der Waals surface area contributed by atoms with Gasteiger partial charge in [0.05, 0.1) is 5.56 Å². The average Bonchev–Trinajstić information content (AvgIpc) is 2.85. The molecule has 0 unspecified atom stereocenters. The number of hydrogen-bond donors (Lipinski definition) is 3. The molecule has 3 heterocycles. The lowest BCUT2D eigenvalue weighted by Crippen LogP contribution is -2.42. The molecule has 210 valence electrons. The molecule has 0 atom stereocenters. The summed E-state index contributed by atoms with van der Waals surface area (Å²) in [7, 11) is 1.35. The smallest absolute Gasteiger partial charge is 0.422 e. The molecule has 0 radical (unpaired) electrons. The Bertz CT molecular complexity index is 1400. The van der Waals surface area contributed by atoms with Crippen molar-refractivity contribution in [2.45, 2.75) is 31.2 Å². The number of rotatable bonds is 7. The largest absolute Gasteiger partial charge is 0.454 e.